The quantitative estimate of drug-likeness (QED) is 0.0928. The third-order valence-electron chi connectivity index (χ3n) is 6.75. The van der Waals surface area contributed by atoms with Gasteiger partial charge in [-0.1, -0.05) is 44.2 Å². The molecule has 4 N–H and O–H groups in total. The first kappa shape index (κ1) is 27.6. The molecule has 0 spiro atoms. The molecule has 0 fully saturated rings. The minimum Gasteiger partial charge on any atom is -0.456 e. The summed E-state index contributed by atoms with van der Waals surface area (Å²) in [6.45, 7) is 1.62. The molecule has 0 saturated heterocycles. The first-order valence-electron chi connectivity index (χ1n) is 13.5. The molecule has 2 aromatic rings. The molecule has 1 aliphatic carbocycles. The maximum Gasteiger partial charge on any atom is 0.234 e. The second-order valence-electron chi connectivity index (χ2n) is 9.69. The minimum absolute atomic E-state index is 0.0379. The van der Waals surface area contributed by atoms with Crippen molar-refractivity contribution in [1.29, 1.82) is 0 Å². The van der Waals surface area contributed by atoms with Gasteiger partial charge in [0.15, 0.2) is 0 Å². The monoisotopic (exact) mass is 536 g/mol. The van der Waals surface area contributed by atoms with Crippen LogP contribution in [0.2, 0.25) is 0 Å². The number of rotatable bonds is 13. The number of benzene rings is 3. The highest BCUT2D eigenvalue weighted by molar-refractivity contribution is 6.27. The summed E-state index contributed by atoms with van der Waals surface area (Å²) in [7, 11) is 0. The molecule has 1 amide bonds. The standard InChI is InChI=1S/C31H35ClFN3O2/c32-21-30(37)36-18-8-6-4-2-1-3-5-7-17-35-25-14-16-27-29(20-25)38-28-19-24(34)13-15-26(28)31(27)22-9-11-23(33)12-10-22/h9-16,19-20H,1-8,17-18,21,34H2,(H,36,37)/p+1. The molecule has 0 unspecified atom stereocenters. The Balaban J connectivity index is 1.33. The lowest BCUT2D eigenvalue weighted by Gasteiger charge is -2.15. The van der Waals surface area contributed by atoms with Gasteiger partial charge in [-0.3, -0.25) is 4.79 Å². The van der Waals surface area contributed by atoms with Gasteiger partial charge in [-0.2, -0.15) is 0 Å². The van der Waals surface area contributed by atoms with E-state index < -0.39 is 0 Å². The van der Waals surface area contributed by atoms with Crippen LogP contribution in [0.1, 0.15) is 51.4 Å². The van der Waals surface area contributed by atoms with Crippen molar-refractivity contribution < 1.29 is 18.6 Å². The average molecular weight is 537 g/mol. The van der Waals surface area contributed by atoms with Crippen LogP contribution in [0, 0.1) is 5.82 Å². The molecule has 2 aliphatic rings. The summed E-state index contributed by atoms with van der Waals surface area (Å²) in [5, 5.41) is 4.75. The fraction of sp³-hybridized carbons (Fsp3) is 0.355. The molecule has 1 aliphatic heterocycles. The van der Waals surface area contributed by atoms with Crippen molar-refractivity contribution in [3.05, 3.63) is 71.8 Å². The third-order valence-corrected chi connectivity index (χ3v) is 7.00. The van der Waals surface area contributed by atoms with Crippen molar-refractivity contribution in [2.24, 2.45) is 0 Å². The number of carbonyl (C=O) groups excluding carboxylic acids is 1. The topological polar surface area (TPSA) is 82.2 Å². The maximum absolute atomic E-state index is 13.6. The summed E-state index contributed by atoms with van der Waals surface area (Å²) in [5.74, 6) is 0.446. The molecule has 2 aromatic carbocycles. The Kier molecular flexibility index (Phi) is 10.2. The molecular formula is C31H36ClFN3O2+. The van der Waals surface area contributed by atoms with E-state index in [0.717, 1.165) is 65.5 Å². The fourth-order valence-electron chi connectivity index (χ4n) is 4.76. The number of alkyl halides is 1. The molecule has 4 rings (SSSR count). The number of halogens is 2. The number of hydrogen-bond acceptors (Lipinski definition) is 3. The van der Waals surface area contributed by atoms with Gasteiger partial charge in [-0.25, -0.2) is 9.38 Å². The summed E-state index contributed by atoms with van der Waals surface area (Å²) in [6.07, 6.45) is 9.36. The van der Waals surface area contributed by atoms with E-state index in [-0.39, 0.29) is 17.6 Å². The molecule has 0 radical (unpaired) electrons. The number of hydrogen-bond donors (Lipinski definition) is 3. The number of nitrogens with two attached hydrogens (primary N) is 1. The van der Waals surface area contributed by atoms with Crippen LogP contribution in [-0.4, -0.2) is 24.9 Å². The highest BCUT2D eigenvalue weighted by atomic mass is 35.5. The maximum atomic E-state index is 13.6. The van der Waals surface area contributed by atoms with Crippen LogP contribution < -0.4 is 21.4 Å². The van der Waals surface area contributed by atoms with Gasteiger partial charge in [0.2, 0.25) is 11.3 Å². The van der Waals surface area contributed by atoms with E-state index in [0.29, 0.717) is 11.3 Å². The molecule has 1 heterocycles. The van der Waals surface area contributed by atoms with Crippen molar-refractivity contribution in [2.45, 2.75) is 51.4 Å². The number of amides is 1. The van der Waals surface area contributed by atoms with Gasteiger partial charge in [0.1, 0.15) is 29.6 Å². The number of nitrogen functional groups attached to an aromatic ring is 1. The lowest BCUT2D eigenvalue weighted by Crippen LogP contribution is -2.76. The van der Waals surface area contributed by atoms with E-state index in [1.807, 2.05) is 24.3 Å². The van der Waals surface area contributed by atoms with Gasteiger partial charge in [0.25, 0.3) is 0 Å². The van der Waals surface area contributed by atoms with Crippen molar-refractivity contribution in [3.63, 3.8) is 0 Å². The van der Waals surface area contributed by atoms with Crippen molar-refractivity contribution >= 4 is 34.2 Å². The summed E-state index contributed by atoms with van der Waals surface area (Å²) in [4.78, 5) is 14.6. The Morgan fingerprint density at radius 1 is 0.895 bits per heavy atom. The Labute approximate surface area is 228 Å². The molecule has 0 bridgehead atoms. The summed E-state index contributed by atoms with van der Waals surface area (Å²) in [5.41, 5.74) is 10.3. The van der Waals surface area contributed by atoms with Gasteiger partial charge in [0.05, 0.1) is 6.07 Å². The summed E-state index contributed by atoms with van der Waals surface area (Å²) >= 11 is 5.46. The van der Waals surface area contributed by atoms with E-state index in [9.17, 15) is 9.18 Å². The van der Waals surface area contributed by atoms with Crippen LogP contribution in [0.4, 0.5) is 10.1 Å². The van der Waals surface area contributed by atoms with Crippen molar-refractivity contribution in [2.75, 3.05) is 24.7 Å². The molecule has 200 valence electrons. The van der Waals surface area contributed by atoms with E-state index in [2.05, 4.69) is 22.4 Å². The van der Waals surface area contributed by atoms with Crippen LogP contribution >= 0.6 is 11.6 Å². The smallest absolute Gasteiger partial charge is 0.234 e. The lowest BCUT2D eigenvalue weighted by atomic mass is 9.93. The van der Waals surface area contributed by atoms with Gasteiger partial charge in [0, 0.05) is 47.3 Å². The summed E-state index contributed by atoms with van der Waals surface area (Å²) < 4.78 is 19.9. The van der Waals surface area contributed by atoms with Gasteiger partial charge < -0.3 is 15.5 Å². The van der Waals surface area contributed by atoms with Crippen molar-refractivity contribution in [3.8, 4) is 22.5 Å². The average Bonchev–Trinajstić information content (AvgIpc) is 2.92. The Hall–Kier alpha value is -3.38. The second kappa shape index (κ2) is 14.0. The largest absolute Gasteiger partial charge is 0.456 e. The van der Waals surface area contributed by atoms with E-state index in [4.69, 9.17) is 21.8 Å². The Morgan fingerprint density at radius 2 is 1.61 bits per heavy atom. The number of anilines is 1. The second-order valence-corrected chi connectivity index (χ2v) is 9.96. The molecule has 5 nitrogen and oxygen atoms in total. The van der Waals surface area contributed by atoms with Crippen LogP contribution in [0.25, 0.3) is 33.4 Å². The normalized spacial score (nSPS) is 11.9. The third kappa shape index (κ3) is 7.57. The zero-order valence-corrected chi connectivity index (χ0v) is 22.5. The number of carbonyl (C=O) groups is 1. The number of nitrogens with one attached hydrogen (secondary N) is 2. The molecule has 0 saturated carbocycles. The van der Waals surface area contributed by atoms with Crippen LogP contribution in [-0.2, 0) is 4.79 Å². The van der Waals surface area contributed by atoms with E-state index >= 15 is 0 Å². The Morgan fingerprint density at radius 3 is 2.34 bits per heavy atom. The van der Waals surface area contributed by atoms with Gasteiger partial charge in [-0.05, 0) is 48.7 Å². The van der Waals surface area contributed by atoms with Crippen LogP contribution in [0.3, 0.4) is 0 Å². The zero-order chi connectivity index (χ0) is 26.7. The predicted molar refractivity (Wildman–Crippen MR) is 152 cm³/mol. The molecular weight excluding hydrogens is 501 g/mol. The molecule has 0 atom stereocenters. The van der Waals surface area contributed by atoms with Crippen LogP contribution in [0.5, 0.6) is 0 Å². The number of unbranched alkanes of at least 4 members (excludes halogenated alkanes) is 7. The first-order valence-corrected chi connectivity index (χ1v) is 14.0. The molecule has 0 aromatic heterocycles. The number of fused-ring (bicyclic) bond motifs is 2. The fourth-order valence-corrected chi connectivity index (χ4v) is 4.86. The van der Waals surface area contributed by atoms with Crippen molar-refractivity contribution in [1.82, 2.24) is 5.32 Å². The van der Waals surface area contributed by atoms with Gasteiger partial charge >= 0.3 is 0 Å². The SMILES string of the molecule is Nc1ccc2c(-c3ccc(F)cc3)c3ccc(=[NH+]CCCCCCCCCCNC(=O)CCl)cc-3oc2c1. The van der Waals surface area contributed by atoms with E-state index in [1.54, 1.807) is 12.1 Å². The predicted octanol–water partition coefficient (Wildman–Crippen LogP) is 5.38. The molecule has 38 heavy (non-hydrogen) atoms. The highest BCUT2D eigenvalue weighted by Crippen LogP contribution is 2.40. The van der Waals surface area contributed by atoms with Gasteiger partial charge in [-0.15, -0.1) is 11.6 Å². The lowest BCUT2D eigenvalue weighted by molar-refractivity contribution is -0.501. The molecule has 7 heteroatoms. The Bertz CT molecular complexity index is 1380. The van der Waals surface area contributed by atoms with E-state index in [1.165, 1.54) is 44.2 Å². The first-order chi connectivity index (χ1) is 18.5. The van der Waals surface area contributed by atoms with Crippen LogP contribution in [0.15, 0.2) is 65.1 Å². The zero-order valence-electron chi connectivity index (χ0n) is 21.7. The highest BCUT2D eigenvalue weighted by Gasteiger charge is 2.18. The minimum atomic E-state index is -0.260. The summed E-state index contributed by atoms with van der Waals surface area (Å²) in [6, 6.07) is 18.4.